The molecule has 1 saturated heterocycles. The number of hydrogen-bond acceptors (Lipinski definition) is 6. The van der Waals surface area contributed by atoms with E-state index in [0.29, 0.717) is 17.7 Å². The molecule has 0 spiro atoms. The van der Waals surface area contributed by atoms with Crippen molar-refractivity contribution in [3.05, 3.63) is 42.2 Å². The third-order valence-corrected chi connectivity index (χ3v) is 7.00. The van der Waals surface area contributed by atoms with Gasteiger partial charge in [-0.15, -0.1) is 0 Å². The number of methoxy groups -OCH3 is 1. The first-order valence-electron chi connectivity index (χ1n) is 9.68. The number of nitrogens with zero attached hydrogens (tertiary/aromatic N) is 2. The lowest BCUT2D eigenvalue weighted by atomic mass is 10.0. The highest BCUT2D eigenvalue weighted by Gasteiger charge is 2.25. The van der Waals surface area contributed by atoms with Crippen molar-refractivity contribution in [2.75, 3.05) is 57.1 Å². The molecule has 0 aliphatic carbocycles. The molecule has 1 fully saturated rings. The number of benzene rings is 2. The van der Waals surface area contributed by atoms with Crippen LogP contribution in [0.5, 0.6) is 5.75 Å². The third-order valence-electron chi connectivity index (χ3n) is 5.27. The Balaban J connectivity index is 2.09. The second kappa shape index (κ2) is 9.11. The fourth-order valence-electron chi connectivity index (χ4n) is 3.58. The monoisotopic (exact) mass is 422 g/mol. The van der Waals surface area contributed by atoms with E-state index < -0.39 is 9.84 Å². The van der Waals surface area contributed by atoms with E-state index in [1.807, 2.05) is 6.07 Å². The number of sulfone groups is 1. The van der Waals surface area contributed by atoms with Crippen LogP contribution >= 0.6 is 0 Å². The molecule has 2 aromatic rings. The van der Waals surface area contributed by atoms with E-state index in [0.717, 1.165) is 31.9 Å². The molecule has 2 aromatic carbocycles. The number of anilines is 1. The first kappa shape index (κ1) is 21.5. The number of β-amino-alcohol motifs (C(OH)–C–C–N with tert-alkyl or cyclic N) is 1. The minimum atomic E-state index is -3.53. The smallest absolute Gasteiger partial charge is 0.181 e. The summed E-state index contributed by atoms with van der Waals surface area (Å²) in [6.07, 6.45) is 0. The Kier molecular flexibility index (Phi) is 6.77. The van der Waals surface area contributed by atoms with E-state index in [4.69, 9.17) is 9.84 Å². The van der Waals surface area contributed by atoms with Gasteiger partial charge in [-0.25, -0.2) is 12.8 Å². The van der Waals surface area contributed by atoms with E-state index in [2.05, 4.69) is 9.80 Å². The summed E-state index contributed by atoms with van der Waals surface area (Å²) in [5.41, 5.74) is 2.10. The number of halogens is 1. The van der Waals surface area contributed by atoms with Crippen LogP contribution in [0.4, 0.5) is 10.1 Å². The summed E-state index contributed by atoms with van der Waals surface area (Å²) in [5.74, 6) is -0.119. The van der Waals surface area contributed by atoms with Gasteiger partial charge >= 0.3 is 0 Å². The Morgan fingerprint density at radius 1 is 1.10 bits per heavy atom. The maximum absolute atomic E-state index is 13.4. The molecule has 29 heavy (non-hydrogen) atoms. The molecule has 8 heteroatoms. The van der Waals surface area contributed by atoms with E-state index in [1.54, 1.807) is 25.1 Å². The molecule has 1 heterocycles. The summed E-state index contributed by atoms with van der Waals surface area (Å²) in [5, 5.41) is 9.13. The number of aliphatic hydroxyl groups is 1. The lowest BCUT2D eigenvalue weighted by Crippen LogP contribution is -2.47. The molecule has 158 valence electrons. The summed E-state index contributed by atoms with van der Waals surface area (Å²) in [7, 11) is -2.08. The molecule has 0 aromatic heterocycles. The quantitative estimate of drug-likeness (QED) is 0.739. The lowest BCUT2D eigenvalue weighted by Gasteiger charge is -2.36. The van der Waals surface area contributed by atoms with Crippen LogP contribution in [0.25, 0.3) is 11.1 Å². The van der Waals surface area contributed by atoms with Gasteiger partial charge in [0.1, 0.15) is 16.5 Å². The SMILES string of the molecule is CCS(=O)(=O)c1cc(N2CCN(CCO)CC2)cc(-c2ccc(F)cc2)c1OC. The Morgan fingerprint density at radius 2 is 1.76 bits per heavy atom. The molecular weight excluding hydrogens is 395 g/mol. The summed E-state index contributed by atoms with van der Waals surface area (Å²) in [6, 6.07) is 9.53. The predicted octanol–water partition coefficient (Wildman–Crippen LogP) is 2.41. The molecular formula is C21H27FN2O4S. The Morgan fingerprint density at radius 3 is 2.31 bits per heavy atom. The van der Waals surface area contributed by atoms with Crippen molar-refractivity contribution in [3.63, 3.8) is 0 Å². The third kappa shape index (κ3) is 4.71. The van der Waals surface area contributed by atoms with Crippen LogP contribution in [0.1, 0.15) is 6.92 Å². The molecule has 3 rings (SSSR count). The van der Waals surface area contributed by atoms with Gasteiger partial charge in [0.25, 0.3) is 0 Å². The lowest BCUT2D eigenvalue weighted by molar-refractivity contribution is 0.189. The molecule has 1 aliphatic heterocycles. The summed E-state index contributed by atoms with van der Waals surface area (Å²) < 4.78 is 44.5. The highest BCUT2D eigenvalue weighted by atomic mass is 32.2. The number of rotatable bonds is 7. The standard InChI is InChI=1S/C21H27FN2O4S/c1-3-29(26,27)20-15-18(24-10-8-23(9-11-24)12-13-25)14-19(21(20)28-2)16-4-6-17(22)7-5-16/h4-7,14-15,25H,3,8-13H2,1-2H3. The number of aliphatic hydroxyl groups excluding tert-OH is 1. The van der Waals surface area contributed by atoms with Crippen LogP contribution in [-0.4, -0.2) is 70.6 Å². The van der Waals surface area contributed by atoms with Crippen LogP contribution in [0, 0.1) is 5.82 Å². The summed E-state index contributed by atoms with van der Waals surface area (Å²) in [4.78, 5) is 4.46. The molecule has 0 unspecified atom stereocenters. The van der Waals surface area contributed by atoms with Crippen molar-refractivity contribution in [1.29, 1.82) is 0 Å². The predicted molar refractivity (Wildman–Crippen MR) is 112 cm³/mol. The van der Waals surface area contributed by atoms with E-state index in [-0.39, 0.29) is 28.8 Å². The van der Waals surface area contributed by atoms with E-state index in [1.165, 1.54) is 19.2 Å². The van der Waals surface area contributed by atoms with Crippen LogP contribution in [-0.2, 0) is 9.84 Å². The van der Waals surface area contributed by atoms with Crippen LogP contribution in [0.15, 0.2) is 41.3 Å². The second-order valence-electron chi connectivity index (χ2n) is 6.99. The van der Waals surface area contributed by atoms with Crippen molar-refractivity contribution >= 4 is 15.5 Å². The maximum Gasteiger partial charge on any atom is 0.181 e. The van der Waals surface area contributed by atoms with Crippen LogP contribution < -0.4 is 9.64 Å². The summed E-state index contributed by atoms with van der Waals surface area (Å²) >= 11 is 0. The number of hydrogen-bond donors (Lipinski definition) is 1. The molecule has 1 aliphatic rings. The molecule has 0 atom stereocenters. The van der Waals surface area contributed by atoms with E-state index >= 15 is 0 Å². The minimum Gasteiger partial charge on any atom is -0.495 e. The van der Waals surface area contributed by atoms with Crippen molar-refractivity contribution in [2.45, 2.75) is 11.8 Å². The molecule has 0 bridgehead atoms. The molecule has 0 saturated carbocycles. The van der Waals surface area contributed by atoms with Gasteiger partial charge in [0.2, 0.25) is 0 Å². The zero-order valence-corrected chi connectivity index (χ0v) is 17.6. The Bertz CT molecular complexity index is 940. The highest BCUT2D eigenvalue weighted by molar-refractivity contribution is 7.91. The summed E-state index contributed by atoms with van der Waals surface area (Å²) in [6.45, 7) is 5.37. The van der Waals surface area contributed by atoms with Crippen molar-refractivity contribution in [1.82, 2.24) is 4.90 Å². The van der Waals surface area contributed by atoms with Crippen LogP contribution in [0.3, 0.4) is 0 Å². The van der Waals surface area contributed by atoms with Gasteiger partial charge in [-0.05, 0) is 29.8 Å². The first-order chi connectivity index (χ1) is 13.9. The van der Waals surface area contributed by atoms with Crippen LogP contribution in [0.2, 0.25) is 0 Å². The largest absolute Gasteiger partial charge is 0.495 e. The van der Waals surface area contributed by atoms with Crippen molar-refractivity contribution < 1.29 is 22.7 Å². The van der Waals surface area contributed by atoms with Gasteiger partial charge in [-0.2, -0.15) is 0 Å². The Hall–Kier alpha value is -2.16. The molecule has 1 N–H and O–H groups in total. The fraction of sp³-hybridized carbons (Fsp3) is 0.429. The molecule has 0 radical (unpaired) electrons. The van der Waals surface area contributed by atoms with Crippen molar-refractivity contribution in [3.8, 4) is 16.9 Å². The van der Waals surface area contributed by atoms with Gasteiger partial charge < -0.3 is 14.7 Å². The zero-order chi connectivity index (χ0) is 21.0. The number of piperazine rings is 1. The fourth-order valence-corrected chi connectivity index (χ4v) is 4.67. The zero-order valence-electron chi connectivity index (χ0n) is 16.8. The highest BCUT2D eigenvalue weighted by Crippen LogP contribution is 2.40. The maximum atomic E-state index is 13.4. The van der Waals surface area contributed by atoms with Gasteiger partial charge in [-0.1, -0.05) is 19.1 Å². The van der Waals surface area contributed by atoms with Gasteiger partial charge in [0, 0.05) is 44.0 Å². The second-order valence-corrected chi connectivity index (χ2v) is 9.23. The average molecular weight is 423 g/mol. The van der Waals surface area contributed by atoms with Gasteiger partial charge in [-0.3, -0.25) is 4.90 Å². The topological polar surface area (TPSA) is 70.1 Å². The Labute approximate surface area is 171 Å². The first-order valence-corrected chi connectivity index (χ1v) is 11.3. The van der Waals surface area contributed by atoms with Crippen molar-refractivity contribution in [2.24, 2.45) is 0 Å². The average Bonchev–Trinajstić information content (AvgIpc) is 2.74. The normalized spacial score (nSPS) is 15.5. The number of ether oxygens (including phenoxy) is 1. The van der Waals surface area contributed by atoms with Gasteiger partial charge in [0.05, 0.1) is 19.5 Å². The van der Waals surface area contributed by atoms with Gasteiger partial charge in [0.15, 0.2) is 9.84 Å². The molecule has 0 amide bonds. The molecule has 6 nitrogen and oxygen atoms in total. The minimum absolute atomic E-state index is 0.0417. The van der Waals surface area contributed by atoms with E-state index in [9.17, 15) is 12.8 Å².